The summed E-state index contributed by atoms with van der Waals surface area (Å²) >= 11 is 3.37. The number of thioether (sulfide) groups is 1. The Balaban J connectivity index is 1.54. The third-order valence-electron chi connectivity index (χ3n) is 5.01. The van der Waals surface area contributed by atoms with Crippen molar-refractivity contribution in [1.82, 2.24) is 9.88 Å². The van der Waals surface area contributed by atoms with E-state index in [2.05, 4.69) is 24.1 Å². The zero-order chi connectivity index (χ0) is 21.1. The summed E-state index contributed by atoms with van der Waals surface area (Å²) in [6.45, 7) is 5.80. The average molecular weight is 440 g/mol. The molecule has 0 spiro atoms. The fourth-order valence-electron chi connectivity index (χ4n) is 3.57. The van der Waals surface area contributed by atoms with Crippen molar-refractivity contribution in [2.45, 2.75) is 42.7 Å². The molecule has 3 aromatic rings. The number of likely N-dealkylation sites (tertiary alicyclic amines) is 1. The van der Waals surface area contributed by atoms with E-state index in [4.69, 9.17) is 0 Å². The van der Waals surface area contributed by atoms with Crippen LogP contribution in [0.3, 0.4) is 0 Å². The van der Waals surface area contributed by atoms with Crippen LogP contribution < -0.4 is 5.32 Å². The number of carbonyl (C=O) groups is 2. The van der Waals surface area contributed by atoms with E-state index in [-0.39, 0.29) is 11.8 Å². The summed E-state index contributed by atoms with van der Waals surface area (Å²) in [6.07, 6.45) is 3.20. The molecule has 0 saturated carbocycles. The van der Waals surface area contributed by atoms with E-state index in [1.165, 1.54) is 0 Å². The van der Waals surface area contributed by atoms with Crippen LogP contribution in [0.25, 0.3) is 10.2 Å². The second-order valence-electron chi connectivity index (χ2n) is 7.68. The van der Waals surface area contributed by atoms with Crippen LogP contribution in [0, 0.1) is 0 Å². The van der Waals surface area contributed by atoms with Gasteiger partial charge in [-0.1, -0.05) is 37.7 Å². The Morgan fingerprint density at radius 1 is 1.07 bits per heavy atom. The zero-order valence-electron chi connectivity index (χ0n) is 17.2. The third-order valence-corrected chi connectivity index (χ3v) is 7.12. The number of piperidine rings is 1. The Labute approximate surface area is 184 Å². The average Bonchev–Trinajstić information content (AvgIpc) is 3.14. The Hall–Kier alpha value is -2.38. The summed E-state index contributed by atoms with van der Waals surface area (Å²) in [6, 6.07) is 12.8. The van der Waals surface area contributed by atoms with Crippen molar-refractivity contribution >= 4 is 50.8 Å². The minimum absolute atomic E-state index is 0.0614. The van der Waals surface area contributed by atoms with Gasteiger partial charge in [0.15, 0.2) is 4.34 Å². The molecule has 1 aliphatic heterocycles. The molecule has 7 heteroatoms. The van der Waals surface area contributed by atoms with Crippen LogP contribution >= 0.6 is 23.1 Å². The molecule has 1 saturated heterocycles. The van der Waals surface area contributed by atoms with Gasteiger partial charge in [0.2, 0.25) is 0 Å². The Bertz CT molecular complexity index is 1070. The lowest BCUT2D eigenvalue weighted by molar-refractivity contribution is 0.0720. The first-order chi connectivity index (χ1) is 14.5. The van der Waals surface area contributed by atoms with Gasteiger partial charge in [-0.25, -0.2) is 4.98 Å². The molecule has 2 aromatic carbocycles. The standard InChI is InChI=1S/C23H25N3O2S2/c1-15(2)29-23-25-19-11-10-16(14-20(19)30-23)24-21(27)17-8-4-5-9-18(17)22(28)26-12-6-3-7-13-26/h4-5,8-11,14-15H,3,6-7,12-13H2,1-2H3,(H,24,27). The molecule has 0 aliphatic carbocycles. The van der Waals surface area contributed by atoms with Crippen LogP contribution in [0.1, 0.15) is 53.8 Å². The molecular formula is C23H25N3O2S2. The molecule has 156 valence electrons. The highest BCUT2D eigenvalue weighted by atomic mass is 32.2. The fourth-order valence-corrected chi connectivity index (χ4v) is 5.90. The highest BCUT2D eigenvalue weighted by molar-refractivity contribution is 8.01. The van der Waals surface area contributed by atoms with Crippen LogP contribution in [0.4, 0.5) is 5.69 Å². The summed E-state index contributed by atoms with van der Waals surface area (Å²) in [5.74, 6) is -0.328. The van der Waals surface area contributed by atoms with Gasteiger partial charge in [0.1, 0.15) is 0 Å². The second kappa shape index (κ2) is 9.18. The SMILES string of the molecule is CC(C)Sc1nc2ccc(NC(=O)c3ccccc3C(=O)N3CCCCC3)cc2s1. The predicted octanol–water partition coefficient (Wildman–Crippen LogP) is 5.68. The fraction of sp³-hybridized carbons (Fsp3) is 0.348. The third kappa shape index (κ3) is 4.68. The van der Waals surface area contributed by atoms with E-state index >= 15 is 0 Å². The quantitative estimate of drug-likeness (QED) is 0.520. The van der Waals surface area contributed by atoms with Gasteiger partial charge in [-0.3, -0.25) is 9.59 Å². The highest BCUT2D eigenvalue weighted by Crippen LogP contribution is 2.33. The van der Waals surface area contributed by atoms with E-state index in [9.17, 15) is 9.59 Å². The summed E-state index contributed by atoms with van der Waals surface area (Å²) in [7, 11) is 0. The van der Waals surface area contributed by atoms with Crippen molar-refractivity contribution in [2.24, 2.45) is 0 Å². The van der Waals surface area contributed by atoms with Crippen molar-refractivity contribution < 1.29 is 9.59 Å². The molecule has 2 amide bonds. The molecule has 0 atom stereocenters. The van der Waals surface area contributed by atoms with Crippen molar-refractivity contribution in [2.75, 3.05) is 18.4 Å². The maximum Gasteiger partial charge on any atom is 0.256 e. The normalized spacial score (nSPS) is 14.3. The van der Waals surface area contributed by atoms with Gasteiger partial charge in [-0.05, 0) is 49.6 Å². The first kappa shape index (κ1) is 20.9. The molecule has 1 aliphatic rings. The summed E-state index contributed by atoms with van der Waals surface area (Å²) in [5, 5.41) is 3.43. The number of benzene rings is 2. The first-order valence-corrected chi connectivity index (χ1v) is 12.0. The van der Waals surface area contributed by atoms with Gasteiger partial charge >= 0.3 is 0 Å². The number of carbonyl (C=O) groups excluding carboxylic acids is 2. The molecular weight excluding hydrogens is 414 g/mol. The van der Waals surface area contributed by atoms with Gasteiger partial charge in [-0.15, -0.1) is 11.3 Å². The number of rotatable bonds is 5. The van der Waals surface area contributed by atoms with Crippen molar-refractivity contribution in [3.63, 3.8) is 0 Å². The van der Waals surface area contributed by atoms with Crippen LogP contribution in [-0.2, 0) is 0 Å². The monoisotopic (exact) mass is 439 g/mol. The molecule has 1 fully saturated rings. The Morgan fingerprint density at radius 2 is 1.80 bits per heavy atom. The number of hydrogen-bond donors (Lipinski definition) is 1. The molecule has 1 aromatic heterocycles. The molecule has 0 bridgehead atoms. The highest BCUT2D eigenvalue weighted by Gasteiger charge is 2.23. The lowest BCUT2D eigenvalue weighted by atomic mass is 10.0. The molecule has 0 radical (unpaired) electrons. The van der Waals surface area contributed by atoms with E-state index in [0.717, 1.165) is 46.9 Å². The second-order valence-corrected chi connectivity index (χ2v) is 10.5. The van der Waals surface area contributed by atoms with Gasteiger partial charge in [0.05, 0.1) is 21.3 Å². The minimum atomic E-state index is -0.267. The van der Waals surface area contributed by atoms with Crippen molar-refractivity contribution in [1.29, 1.82) is 0 Å². The van der Waals surface area contributed by atoms with E-state index in [0.29, 0.717) is 22.1 Å². The van der Waals surface area contributed by atoms with Crippen molar-refractivity contribution in [3.05, 3.63) is 53.6 Å². The molecule has 5 nitrogen and oxygen atoms in total. The lowest BCUT2D eigenvalue weighted by Gasteiger charge is -2.27. The number of aromatic nitrogens is 1. The summed E-state index contributed by atoms with van der Waals surface area (Å²) < 4.78 is 2.06. The number of thiazole rings is 1. The molecule has 30 heavy (non-hydrogen) atoms. The zero-order valence-corrected chi connectivity index (χ0v) is 18.8. The first-order valence-electron chi connectivity index (χ1n) is 10.3. The smallest absolute Gasteiger partial charge is 0.256 e. The minimum Gasteiger partial charge on any atom is -0.339 e. The van der Waals surface area contributed by atoms with Crippen LogP contribution in [0.15, 0.2) is 46.8 Å². The van der Waals surface area contributed by atoms with E-state index < -0.39 is 0 Å². The van der Waals surface area contributed by atoms with E-state index in [1.54, 1.807) is 41.3 Å². The Morgan fingerprint density at radius 3 is 2.53 bits per heavy atom. The maximum atomic E-state index is 13.0. The number of amides is 2. The number of nitrogens with zero attached hydrogens (tertiary/aromatic N) is 2. The topological polar surface area (TPSA) is 62.3 Å². The summed E-state index contributed by atoms with van der Waals surface area (Å²) in [5.41, 5.74) is 2.51. The molecule has 0 unspecified atom stereocenters. The van der Waals surface area contributed by atoms with E-state index in [1.807, 2.05) is 29.2 Å². The maximum absolute atomic E-state index is 13.0. The van der Waals surface area contributed by atoms with Gasteiger partial charge in [0, 0.05) is 24.0 Å². The lowest BCUT2D eigenvalue weighted by Crippen LogP contribution is -2.36. The predicted molar refractivity (Wildman–Crippen MR) is 125 cm³/mol. The van der Waals surface area contributed by atoms with Crippen LogP contribution in [0.2, 0.25) is 0 Å². The van der Waals surface area contributed by atoms with Gasteiger partial charge in [-0.2, -0.15) is 0 Å². The van der Waals surface area contributed by atoms with Gasteiger partial charge in [0.25, 0.3) is 11.8 Å². The summed E-state index contributed by atoms with van der Waals surface area (Å²) in [4.78, 5) is 32.5. The number of fused-ring (bicyclic) bond motifs is 1. The Kier molecular flexibility index (Phi) is 6.39. The molecule has 1 N–H and O–H groups in total. The van der Waals surface area contributed by atoms with Crippen LogP contribution in [-0.4, -0.2) is 40.0 Å². The number of hydrogen-bond acceptors (Lipinski definition) is 5. The number of anilines is 1. The number of nitrogens with one attached hydrogen (secondary N) is 1. The molecule has 2 heterocycles. The largest absolute Gasteiger partial charge is 0.339 e. The molecule has 4 rings (SSSR count). The van der Waals surface area contributed by atoms with Crippen molar-refractivity contribution in [3.8, 4) is 0 Å². The van der Waals surface area contributed by atoms with Gasteiger partial charge < -0.3 is 10.2 Å². The van der Waals surface area contributed by atoms with Crippen LogP contribution in [0.5, 0.6) is 0 Å².